The molecule has 2 aliphatic rings. The summed E-state index contributed by atoms with van der Waals surface area (Å²) in [7, 11) is 1.67. The highest BCUT2D eigenvalue weighted by atomic mass is 32.2. The third kappa shape index (κ3) is 4.25. The van der Waals surface area contributed by atoms with Crippen LogP contribution in [0.15, 0.2) is 0 Å². The molecule has 2 fully saturated rings. The molecule has 0 aromatic carbocycles. The lowest BCUT2D eigenvalue weighted by atomic mass is 9.92. The third-order valence-electron chi connectivity index (χ3n) is 3.89. The first-order valence-corrected chi connectivity index (χ1v) is 7.98. The van der Waals surface area contributed by atoms with Gasteiger partial charge in [0.2, 0.25) is 0 Å². The van der Waals surface area contributed by atoms with Crippen molar-refractivity contribution >= 4 is 17.5 Å². The molecule has 2 aliphatic heterocycles. The number of ketones is 1. The highest BCUT2D eigenvalue weighted by Crippen LogP contribution is 2.46. The van der Waals surface area contributed by atoms with Gasteiger partial charge in [0.1, 0.15) is 5.78 Å². The molecule has 0 saturated carbocycles. The molecule has 0 spiro atoms. The fourth-order valence-corrected chi connectivity index (χ4v) is 4.69. The van der Waals surface area contributed by atoms with Crippen LogP contribution in [0.4, 0.5) is 0 Å². The minimum absolute atomic E-state index is 0.350. The van der Waals surface area contributed by atoms with Gasteiger partial charge in [-0.15, -0.1) is 0 Å². The van der Waals surface area contributed by atoms with Crippen molar-refractivity contribution in [3.8, 4) is 0 Å². The number of rotatable bonds is 8. The van der Waals surface area contributed by atoms with Gasteiger partial charge in [-0.2, -0.15) is 11.8 Å². The molecule has 4 heteroatoms. The van der Waals surface area contributed by atoms with E-state index in [4.69, 9.17) is 9.47 Å². The van der Waals surface area contributed by atoms with E-state index >= 15 is 0 Å². The molecule has 0 aromatic heterocycles. The molecule has 2 saturated heterocycles. The van der Waals surface area contributed by atoms with E-state index in [0.717, 1.165) is 29.8 Å². The summed E-state index contributed by atoms with van der Waals surface area (Å²) in [4.78, 5) is 12.1. The Balaban J connectivity index is 1.57. The molecule has 0 aromatic rings. The van der Waals surface area contributed by atoms with Crippen LogP contribution in [-0.4, -0.2) is 43.2 Å². The maximum absolute atomic E-state index is 12.1. The van der Waals surface area contributed by atoms with E-state index in [9.17, 15) is 4.79 Å². The predicted octanol–water partition coefficient (Wildman–Crippen LogP) is 2.67. The van der Waals surface area contributed by atoms with Crippen molar-refractivity contribution in [1.29, 1.82) is 0 Å². The minimum atomic E-state index is 0.350. The lowest BCUT2D eigenvalue weighted by Crippen LogP contribution is -2.24. The normalized spacial score (nSPS) is 30.6. The second-order valence-electron chi connectivity index (χ2n) is 5.30. The van der Waals surface area contributed by atoms with Gasteiger partial charge in [0.15, 0.2) is 0 Å². The monoisotopic (exact) mass is 272 g/mol. The SMILES string of the molecule is COCCOCCCC(=O)C1CC2CCC(C1)S2. The number of thioether (sulfide) groups is 1. The maximum Gasteiger partial charge on any atom is 0.136 e. The fraction of sp³-hybridized carbons (Fsp3) is 0.929. The van der Waals surface area contributed by atoms with Crippen molar-refractivity contribution in [1.82, 2.24) is 0 Å². The topological polar surface area (TPSA) is 35.5 Å². The molecule has 2 unspecified atom stereocenters. The summed E-state index contributed by atoms with van der Waals surface area (Å²) in [5.74, 6) is 0.824. The predicted molar refractivity (Wildman–Crippen MR) is 74.1 cm³/mol. The fourth-order valence-electron chi connectivity index (χ4n) is 2.92. The average molecular weight is 272 g/mol. The number of hydrogen-bond donors (Lipinski definition) is 0. The van der Waals surface area contributed by atoms with Gasteiger partial charge in [-0.1, -0.05) is 0 Å². The average Bonchev–Trinajstić information content (AvgIpc) is 2.72. The molecule has 0 aliphatic carbocycles. The van der Waals surface area contributed by atoms with Gasteiger partial charge in [0.05, 0.1) is 13.2 Å². The Kier molecular flexibility index (Phi) is 5.99. The summed E-state index contributed by atoms with van der Waals surface area (Å²) in [6, 6.07) is 0. The van der Waals surface area contributed by atoms with Crippen LogP contribution in [-0.2, 0) is 14.3 Å². The number of ether oxygens (including phenoxy) is 2. The Morgan fingerprint density at radius 3 is 2.56 bits per heavy atom. The number of Topliss-reactive ketones (excluding diaryl/α,β-unsaturated/α-hetero) is 1. The number of carbonyl (C=O) groups excluding carboxylic acids is 1. The summed E-state index contributed by atoms with van der Waals surface area (Å²) < 4.78 is 10.3. The Morgan fingerprint density at radius 1 is 1.17 bits per heavy atom. The number of carbonyl (C=O) groups is 1. The van der Waals surface area contributed by atoms with Crippen molar-refractivity contribution in [3.63, 3.8) is 0 Å². The lowest BCUT2D eigenvalue weighted by Gasteiger charge is -2.26. The Bertz CT molecular complexity index is 258. The second-order valence-corrected chi connectivity index (χ2v) is 6.91. The molecule has 0 radical (unpaired) electrons. The van der Waals surface area contributed by atoms with Crippen molar-refractivity contribution < 1.29 is 14.3 Å². The largest absolute Gasteiger partial charge is 0.382 e. The molecule has 0 N–H and O–H groups in total. The molecule has 2 rings (SSSR count). The van der Waals surface area contributed by atoms with E-state index in [0.29, 0.717) is 37.9 Å². The summed E-state index contributed by atoms with van der Waals surface area (Å²) in [5, 5.41) is 1.55. The first-order chi connectivity index (χ1) is 8.79. The van der Waals surface area contributed by atoms with E-state index in [-0.39, 0.29) is 0 Å². The smallest absolute Gasteiger partial charge is 0.136 e. The van der Waals surface area contributed by atoms with Gasteiger partial charge < -0.3 is 9.47 Å². The van der Waals surface area contributed by atoms with Gasteiger partial charge in [0.25, 0.3) is 0 Å². The molecule has 2 heterocycles. The number of hydrogen-bond acceptors (Lipinski definition) is 4. The summed E-state index contributed by atoms with van der Waals surface area (Å²) in [6.45, 7) is 1.95. The Labute approximate surface area is 114 Å². The van der Waals surface area contributed by atoms with Crippen molar-refractivity contribution in [3.05, 3.63) is 0 Å². The second kappa shape index (κ2) is 7.51. The van der Waals surface area contributed by atoms with Crippen LogP contribution in [0.25, 0.3) is 0 Å². The van der Waals surface area contributed by atoms with Crippen LogP contribution in [0.3, 0.4) is 0 Å². The molecule has 2 atom stereocenters. The van der Waals surface area contributed by atoms with Crippen LogP contribution >= 0.6 is 11.8 Å². The highest BCUT2D eigenvalue weighted by Gasteiger charge is 2.37. The highest BCUT2D eigenvalue weighted by molar-refractivity contribution is 8.00. The van der Waals surface area contributed by atoms with Crippen LogP contribution in [0.2, 0.25) is 0 Å². The first-order valence-electron chi connectivity index (χ1n) is 7.04. The first kappa shape index (κ1) is 14.4. The number of fused-ring (bicyclic) bond motifs is 2. The molecule has 104 valence electrons. The number of methoxy groups -OCH3 is 1. The van der Waals surface area contributed by atoms with Gasteiger partial charge in [0, 0.05) is 36.6 Å². The van der Waals surface area contributed by atoms with Gasteiger partial charge >= 0.3 is 0 Å². The van der Waals surface area contributed by atoms with Crippen LogP contribution in [0, 0.1) is 5.92 Å². The quantitative estimate of drug-likeness (QED) is 0.636. The standard InChI is InChI=1S/C14H24O3S/c1-16-7-8-17-6-2-3-14(15)11-9-12-4-5-13(10-11)18-12/h11-13H,2-10H2,1H3. The molecule has 3 nitrogen and oxygen atoms in total. The van der Waals surface area contributed by atoms with Crippen LogP contribution < -0.4 is 0 Å². The Morgan fingerprint density at radius 2 is 1.89 bits per heavy atom. The van der Waals surface area contributed by atoms with Crippen molar-refractivity contribution in [2.45, 2.75) is 49.0 Å². The zero-order valence-electron chi connectivity index (χ0n) is 11.2. The molecule has 2 bridgehead atoms. The summed E-state index contributed by atoms with van der Waals surface area (Å²) >= 11 is 2.12. The summed E-state index contributed by atoms with van der Waals surface area (Å²) in [6.07, 6.45) is 6.48. The van der Waals surface area contributed by atoms with Crippen LogP contribution in [0.5, 0.6) is 0 Å². The van der Waals surface area contributed by atoms with Gasteiger partial charge in [-0.3, -0.25) is 4.79 Å². The van der Waals surface area contributed by atoms with Crippen molar-refractivity contribution in [2.24, 2.45) is 5.92 Å². The van der Waals surface area contributed by atoms with Crippen LogP contribution in [0.1, 0.15) is 38.5 Å². The molecular weight excluding hydrogens is 248 g/mol. The lowest BCUT2D eigenvalue weighted by molar-refractivity contribution is -0.123. The van der Waals surface area contributed by atoms with Gasteiger partial charge in [-0.05, 0) is 32.1 Å². The third-order valence-corrected chi connectivity index (χ3v) is 5.52. The van der Waals surface area contributed by atoms with E-state index in [1.165, 1.54) is 12.8 Å². The summed E-state index contributed by atoms with van der Waals surface area (Å²) in [5.41, 5.74) is 0. The molecule has 18 heavy (non-hydrogen) atoms. The minimum Gasteiger partial charge on any atom is -0.382 e. The maximum atomic E-state index is 12.1. The Hall–Kier alpha value is -0.0600. The van der Waals surface area contributed by atoms with E-state index < -0.39 is 0 Å². The molecular formula is C14H24O3S. The van der Waals surface area contributed by atoms with Crippen molar-refractivity contribution in [2.75, 3.05) is 26.9 Å². The van der Waals surface area contributed by atoms with E-state index in [1.807, 2.05) is 0 Å². The zero-order chi connectivity index (χ0) is 12.8. The van der Waals surface area contributed by atoms with Gasteiger partial charge in [-0.25, -0.2) is 0 Å². The van der Waals surface area contributed by atoms with E-state index in [1.54, 1.807) is 7.11 Å². The van der Waals surface area contributed by atoms with E-state index in [2.05, 4.69) is 11.8 Å². The zero-order valence-corrected chi connectivity index (χ0v) is 12.0. The molecule has 0 amide bonds.